The minimum atomic E-state index is 0.782. The van der Waals surface area contributed by atoms with E-state index in [1.165, 1.54) is 10.9 Å². The van der Waals surface area contributed by atoms with Crippen molar-refractivity contribution < 1.29 is 9.47 Å². The van der Waals surface area contributed by atoms with Crippen LogP contribution in [0.25, 0.3) is 10.9 Å². The quantitative estimate of drug-likeness (QED) is 0.836. The minimum absolute atomic E-state index is 0.782. The number of H-pyrrole nitrogens is 1. The number of fused-ring (bicyclic) bond motifs is 1. The topological polar surface area (TPSA) is 34.2 Å². The number of aromatic amines is 1. The number of methoxy groups -OCH3 is 2. The van der Waals surface area contributed by atoms with Gasteiger partial charge in [0, 0.05) is 28.7 Å². The maximum atomic E-state index is 5.40. The zero-order chi connectivity index (χ0) is 10.8. The van der Waals surface area contributed by atoms with Gasteiger partial charge in [0.1, 0.15) is 0 Å². The molecule has 0 saturated carbocycles. The fourth-order valence-electron chi connectivity index (χ4n) is 1.96. The number of benzene rings is 1. The van der Waals surface area contributed by atoms with Crippen LogP contribution in [0, 0.1) is 0 Å². The summed E-state index contributed by atoms with van der Waals surface area (Å²) in [6.07, 6.45) is 2.86. The van der Waals surface area contributed by atoms with Crippen molar-refractivity contribution in [1.82, 2.24) is 4.98 Å². The van der Waals surface area contributed by atoms with Gasteiger partial charge in [0.2, 0.25) is 0 Å². The maximum absolute atomic E-state index is 5.40. The molecular formula is C12H15NO2. The van der Waals surface area contributed by atoms with E-state index in [4.69, 9.17) is 9.47 Å². The average Bonchev–Trinajstić information content (AvgIpc) is 2.73. The molecule has 3 heteroatoms. The molecule has 80 valence electrons. The first kappa shape index (κ1) is 9.90. The third-order valence-electron chi connectivity index (χ3n) is 2.66. The first-order chi connectivity index (χ1) is 7.31. The van der Waals surface area contributed by atoms with Crippen LogP contribution in [-0.2, 0) is 6.42 Å². The van der Waals surface area contributed by atoms with Gasteiger partial charge < -0.3 is 14.5 Å². The molecule has 1 aromatic heterocycles. The summed E-state index contributed by atoms with van der Waals surface area (Å²) < 4.78 is 10.7. The molecule has 0 aliphatic rings. The lowest BCUT2D eigenvalue weighted by Crippen LogP contribution is -1.95. The van der Waals surface area contributed by atoms with Crippen LogP contribution in [0.3, 0.4) is 0 Å². The Morgan fingerprint density at radius 2 is 2.07 bits per heavy atom. The van der Waals surface area contributed by atoms with E-state index in [-0.39, 0.29) is 0 Å². The van der Waals surface area contributed by atoms with Crippen molar-refractivity contribution in [2.24, 2.45) is 0 Å². The number of rotatable bonds is 3. The van der Waals surface area contributed by atoms with Crippen molar-refractivity contribution in [3.8, 4) is 11.5 Å². The van der Waals surface area contributed by atoms with Gasteiger partial charge in [-0.1, -0.05) is 6.92 Å². The summed E-state index contributed by atoms with van der Waals surface area (Å²) in [6, 6.07) is 4.03. The second-order valence-electron chi connectivity index (χ2n) is 3.38. The summed E-state index contributed by atoms with van der Waals surface area (Å²) in [6.45, 7) is 2.11. The molecule has 2 aromatic rings. The van der Waals surface area contributed by atoms with Crippen LogP contribution in [0.4, 0.5) is 0 Å². The Morgan fingerprint density at radius 1 is 1.27 bits per heavy atom. The molecule has 0 fully saturated rings. The Labute approximate surface area is 89.0 Å². The monoisotopic (exact) mass is 205 g/mol. The zero-order valence-corrected chi connectivity index (χ0v) is 9.26. The predicted octanol–water partition coefficient (Wildman–Crippen LogP) is 2.75. The molecule has 0 unspecified atom stereocenters. The number of hydrogen-bond donors (Lipinski definition) is 1. The molecule has 3 nitrogen and oxygen atoms in total. The molecule has 1 N–H and O–H groups in total. The van der Waals surface area contributed by atoms with Gasteiger partial charge in [0.15, 0.2) is 11.5 Å². The summed E-state index contributed by atoms with van der Waals surface area (Å²) in [5.74, 6) is 1.62. The summed E-state index contributed by atoms with van der Waals surface area (Å²) in [5.41, 5.74) is 2.28. The third kappa shape index (κ3) is 1.44. The zero-order valence-electron chi connectivity index (χ0n) is 9.26. The Bertz CT molecular complexity index is 474. The predicted molar refractivity (Wildman–Crippen MR) is 60.8 cm³/mol. The van der Waals surface area contributed by atoms with E-state index in [0.717, 1.165) is 23.4 Å². The van der Waals surface area contributed by atoms with E-state index >= 15 is 0 Å². The maximum Gasteiger partial charge on any atom is 0.164 e. The van der Waals surface area contributed by atoms with E-state index in [0.29, 0.717) is 0 Å². The van der Waals surface area contributed by atoms with E-state index in [1.54, 1.807) is 14.2 Å². The molecule has 0 aliphatic carbocycles. The van der Waals surface area contributed by atoms with Gasteiger partial charge in [-0.15, -0.1) is 0 Å². The SMILES string of the molecule is CCc1c(OC)c(OC)cc2[nH]ccc12. The van der Waals surface area contributed by atoms with Gasteiger partial charge in [0.25, 0.3) is 0 Å². The van der Waals surface area contributed by atoms with Crippen LogP contribution in [0.15, 0.2) is 18.3 Å². The van der Waals surface area contributed by atoms with Crippen molar-refractivity contribution in [3.05, 3.63) is 23.9 Å². The summed E-state index contributed by atoms with van der Waals surface area (Å²) >= 11 is 0. The fraction of sp³-hybridized carbons (Fsp3) is 0.333. The molecule has 0 saturated heterocycles. The Balaban J connectivity index is 2.78. The van der Waals surface area contributed by atoms with Crippen LogP contribution in [0.5, 0.6) is 11.5 Å². The van der Waals surface area contributed by atoms with Gasteiger partial charge in [-0.3, -0.25) is 0 Å². The van der Waals surface area contributed by atoms with Gasteiger partial charge in [0.05, 0.1) is 14.2 Å². The highest BCUT2D eigenvalue weighted by Gasteiger charge is 2.13. The van der Waals surface area contributed by atoms with Crippen molar-refractivity contribution in [1.29, 1.82) is 0 Å². The molecule has 0 bridgehead atoms. The van der Waals surface area contributed by atoms with Crippen LogP contribution in [0.2, 0.25) is 0 Å². The van der Waals surface area contributed by atoms with Crippen molar-refractivity contribution in [2.45, 2.75) is 13.3 Å². The fourth-order valence-corrected chi connectivity index (χ4v) is 1.96. The number of hydrogen-bond acceptors (Lipinski definition) is 2. The molecule has 0 radical (unpaired) electrons. The molecular weight excluding hydrogens is 190 g/mol. The largest absolute Gasteiger partial charge is 0.493 e. The van der Waals surface area contributed by atoms with Gasteiger partial charge >= 0.3 is 0 Å². The average molecular weight is 205 g/mol. The minimum Gasteiger partial charge on any atom is -0.493 e. The number of aryl methyl sites for hydroxylation is 1. The number of nitrogens with one attached hydrogen (secondary N) is 1. The molecule has 0 aliphatic heterocycles. The first-order valence-electron chi connectivity index (χ1n) is 5.02. The van der Waals surface area contributed by atoms with Gasteiger partial charge in [-0.05, 0) is 12.5 Å². The van der Waals surface area contributed by atoms with Crippen LogP contribution in [-0.4, -0.2) is 19.2 Å². The highest BCUT2D eigenvalue weighted by atomic mass is 16.5. The van der Waals surface area contributed by atoms with Crippen LogP contribution < -0.4 is 9.47 Å². The molecule has 15 heavy (non-hydrogen) atoms. The van der Waals surface area contributed by atoms with Gasteiger partial charge in [-0.2, -0.15) is 0 Å². The standard InChI is InChI=1S/C12H15NO2/c1-4-8-9-5-6-13-10(9)7-11(14-2)12(8)15-3/h5-7,13H,4H2,1-3H3. The van der Waals surface area contributed by atoms with Crippen molar-refractivity contribution in [3.63, 3.8) is 0 Å². The van der Waals surface area contributed by atoms with Crippen LogP contribution in [0.1, 0.15) is 12.5 Å². The van der Waals surface area contributed by atoms with E-state index in [9.17, 15) is 0 Å². The summed E-state index contributed by atoms with van der Waals surface area (Å²) in [5, 5.41) is 1.20. The third-order valence-corrected chi connectivity index (χ3v) is 2.66. The Hall–Kier alpha value is -1.64. The van der Waals surface area contributed by atoms with Crippen molar-refractivity contribution >= 4 is 10.9 Å². The highest BCUT2D eigenvalue weighted by Crippen LogP contribution is 2.37. The smallest absolute Gasteiger partial charge is 0.164 e. The van der Waals surface area contributed by atoms with E-state index in [2.05, 4.69) is 18.0 Å². The lowest BCUT2D eigenvalue weighted by atomic mass is 10.1. The molecule has 0 spiro atoms. The second-order valence-corrected chi connectivity index (χ2v) is 3.38. The number of ether oxygens (including phenoxy) is 2. The van der Waals surface area contributed by atoms with E-state index in [1.807, 2.05) is 12.3 Å². The molecule has 0 amide bonds. The lowest BCUT2D eigenvalue weighted by molar-refractivity contribution is 0.353. The summed E-state index contributed by atoms with van der Waals surface area (Å²) in [4.78, 5) is 3.18. The molecule has 1 heterocycles. The molecule has 0 atom stereocenters. The van der Waals surface area contributed by atoms with E-state index < -0.39 is 0 Å². The van der Waals surface area contributed by atoms with Crippen molar-refractivity contribution in [2.75, 3.05) is 14.2 Å². The summed E-state index contributed by atoms with van der Waals surface area (Å²) in [7, 11) is 3.33. The molecule has 2 rings (SSSR count). The second kappa shape index (κ2) is 3.85. The highest BCUT2D eigenvalue weighted by molar-refractivity contribution is 5.87. The lowest BCUT2D eigenvalue weighted by Gasteiger charge is -2.12. The Morgan fingerprint density at radius 3 is 2.67 bits per heavy atom. The Kier molecular flexibility index (Phi) is 2.54. The van der Waals surface area contributed by atoms with Gasteiger partial charge in [-0.25, -0.2) is 0 Å². The molecule has 1 aromatic carbocycles. The first-order valence-corrected chi connectivity index (χ1v) is 5.02. The normalized spacial score (nSPS) is 10.6. The number of aromatic nitrogens is 1. The van der Waals surface area contributed by atoms with Crippen LogP contribution >= 0.6 is 0 Å².